The summed E-state index contributed by atoms with van der Waals surface area (Å²) in [6.45, 7) is 4.59. The maximum Gasteiger partial charge on any atom is 0.326 e. The van der Waals surface area contributed by atoms with E-state index in [0.29, 0.717) is 0 Å². The zero-order valence-electron chi connectivity index (χ0n) is 14.5. The lowest BCUT2D eigenvalue weighted by Gasteiger charge is -2.16. The molecule has 0 radical (unpaired) electrons. The number of aryl methyl sites for hydroxylation is 1. The lowest BCUT2D eigenvalue weighted by atomic mass is 10.0. The minimum atomic E-state index is -1.13. The van der Waals surface area contributed by atoms with Crippen molar-refractivity contribution in [2.45, 2.75) is 33.2 Å². The normalized spacial score (nSPS) is 11.7. The highest BCUT2D eigenvalue weighted by molar-refractivity contribution is 5.88. The molecule has 1 rings (SSSR count). The third-order valence-electron chi connectivity index (χ3n) is 3.23. The van der Waals surface area contributed by atoms with Crippen molar-refractivity contribution < 1.29 is 28.6 Å². The summed E-state index contributed by atoms with van der Waals surface area (Å²) < 4.78 is 18.6. The maximum absolute atomic E-state index is 13.5. The molecule has 3 N–H and O–H groups in total. The number of carboxylic acid groups (broad SMARTS) is 1. The van der Waals surface area contributed by atoms with Crippen molar-refractivity contribution in [1.82, 2.24) is 10.6 Å². The van der Waals surface area contributed by atoms with E-state index in [1.807, 2.05) is 13.8 Å². The molecule has 2 amide bonds. The van der Waals surface area contributed by atoms with Crippen LogP contribution in [0.5, 0.6) is 5.75 Å². The van der Waals surface area contributed by atoms with Crippen molar-refractivity contribution in [2.75, 3.05) is 13.2 Å². The van der Waals surface area contributed by atoms with Crippen LogP contribution in [0.3, 0.4) is 0 Å². The molecule has 0 heterocycles. The Labute approximate surface area is 145 Å². The van der Waals surface area contributed by atoms with E-state index in [1.165, 1.54) is 12.1 Å². The van der Waals surface area contributed by atoms with Crippen LogP contribution in [0.1, 0.15) is 25.8 Å². The number of carbonyl (C=O) groups is 3. The van der Waals surface area contributed by atoms with Gasteiger partial charge < -0.3 is 20.5 Å². The molecule has 1 aromatic carbocycles. The van der Waals surface area contributed by atoms with E-state index in [4.69, 9.17) is 9.84 Å². The van der Waals surface area contributed by atoms with Gasteiger partial charge in [-0.1, -0.05) is 19.9 Å². The highest BCUT2D eigenvalue weighted by atomic mass is 19.1. The quantitative estimate of drug-likeness (QED) is 0.619. The number of ether oxygens (including phenoxy) is 1. The number of carboxylic acids is 1. The molecular formula is C17H23FN2O5. The van der Waals surface area contributed by atoms with Crippen LogP contribution >= 0.6 is 0 Å². The van der Waals surface area contributed by atoms with Crippen LogP contribution in [0.15, 0.2) is 18.2 Å². The van der Waals surface area contributed by atoms with Gasteiger partial charge in [0.25, 0.3) is 5.91 Å². The third kappa shape index (κ3) is 7.65. The van der Waals surface area contributed by atoms with Crippen molar-refractivity contribution >= 4 is 17.8 Å². The van der Waals surface area contributed by atoms with E-state index in [1.54, 1.807) is 13.0 Å². The van der Waals surface area contributed by atoms with Gasteiger partial charge in [-0.2, -0.15) is 0 Å². The number of benzene rings is 1. The molecular weight excluding hydrogens is 331 g/mol. The molecule has 0 aromatic heterocycles. The fourth-order valence-corrected chi connectivity index (χ4v) is 2.03. The molecule has 0 unspecified atom stereocenters. The largest absolute Gasteiger partial charge is 0.481 e. The monoisotopic (exact) mass is 354 g/mol. The fourth-order valence-electron chi connectivity index (χ4n) is 2.03. The van der Waals surface area contributed by atoms with Gasteiger partial charge in [0.05, 0.1) is 6.54 Å². The van der Waals surface area contributed by atoms with Gasteiger partial charge in [-0.05, 0) is 37.0 Å². The van der Waals surface area contributed by atoms with Crippen LogP contribution in [0.2, 0.25) is 0 Å². The molecule has 0 bridgehead atoms. The van der Waals surface area contributed by atoms with Gasteiger partial charge in [-0.3, -0.25) is 9.59 Å². The average molecular weight is 354 g/mol. The number of nitrogens with one attached hydrogen (secondary N) is 2. The van der Waals surface area contributed by atoms with Crippen molar-refractivity contribution in [2.24, 2.45) is 5.92 Å². The molecule has 0 spiro atoms. The Bertz CT molecular complexity index is 633. The molecule has 8 heteroatoms. The van der Waals surface area contributed by atoms with Crippen LogP contribution < -0.4 is 15.4 Å². The summed E-state index contributed by atoms with van der Waals surface area (Å²) in [6.07, 6.45) is 0.283. The van der Waals surface area contributed by atoms with Gasteiger partial charge in [0, 0.05) is 0 Å². The van der Waals surface area contributed by atoms with Crippen molar-refractivity contribution in [3.8, 4) is 5.75 Å². The Kier molecular flexibility index (Phi) is 7.84. The number of halogens is 1. The summed E-state index contributed by atoms with van der Waals surface area (Å²) in [4.78, 5) is 34.5. The number of carbonyl (C=O) groups excluding carboxylic acids is 2. The van der Waals surface area contributed by atoms with Crippen LogP contribution in [0, 0.1) is 18.7 Å². The van der Waals surface area contributed by atoms with Crippen LogP contribution in [-0.4, -0.2) is 42.1 Å². The third-order valence-corrected chi connectivity index (χ3v) is 3.23. The number of hydrogen-bond acceptors (Lipinski definition) is 4. The lowest BCUT2D eigenvalue weighted by Crippen LogP contribution is -2.46. The number of amides is 2. The van der Waals surface area contributed by atoms with Crippen LogP contribution in [-0.2, 0) is 14.4 Å². The Morgan fingerprint density at radius 2 is 1.92 bits per heavy atom. The van der Waals surface area contributed by atoms with E-state index < -0.39 is 36.2 Å². The van der Waals surface area contributed by atoms with E-state index in [-0.39, 0.29) is 24.6 Å². The highest BCUT2D eigenvalue weighted by Gasteiger charge is 2.21. The predicted molar refractivity (Wildman–Crippen MR) is 88.7 cm³/mol. The van der Waals surface area contributed by atoms with Crippen LogP contribution in [0.4, 0.5) is 4.39 Å². The molecule has 1 aromatic rings. The first-order chi connectivity index (χ1) is 11.7. The molecule has 1 atom stereocenters. The fraction of sp³-hybridized carbons (Fsp3) is 0.471. The van der Waals surface area contributed by atoms with Gasteiger partial charge in [0.2, 0.25) is 5.91 Å². The first-order valence-electron chi connectivity index (χ1n) is 7.87. The number of aliphatic carboxylic acids is 1. The Hall–Kier alpha value is -2.64. The second kappa shape index (κ2) is 9.61. The Morgan fingerprint density at radius 3 is 2.52 bits per heavy atom. The highest BCUT2D eigenvalue weighted by Crippen LogP contribution is 2.17. The second-order valence-electron chi connectivity index (χ2n) is 6.09. The lowest BCUT2D eigenvalue weighted by molar-refractivity contribution is -0.142. The first kappa shape index (κ1) is 20.4. The first-order valence-corrected chi connectivity index (χ1v) is 7.87. The summed E-state index contributed by atoms with van der Waals surface area (Å²) in [6, 6.07) is 3.25. The van der Waals surface area contributed by atoms with E-state index >= 15 is 0 Å². The predicted octanol–water partition coefficient (Wildman–Crippen LogP) is 1.24. The van der Waals surface area contributed by atoms with Crippen molar-refractivity contribution in [3.05, 3.63) is 29.6 Å². The van der Waals surface area contributed by atoms with Gasteiger partial charge in [0.15, 0.2) is 18.2 Å². The molecule has 0 saturated carbocycles. The Balaban J connectivity index is 2.41. The molecule has 0 aliphatic rings. The summed E-state index contributed by atoms with van der Waals surface area (Å²) in [5, 5.41) is 13.7. The topological polar surface area (TPSA) is 105 Å². The summed E-state index contributed by atoms with van der Waals surface area (Å²) in [5.41, 5.74) is 0.779. The molecule has 0 fully saturated rings. The van der Waals surface area contributed by atoms with Gasteiger partial charge in [0.1, 0.15) is 6.04 Å². The summed E-state index contributed by atoms with van der Waals surface area (Å²) in [5.74, 6) is -2.92. The van der Waals surface area contributed by atoms with E-state index in [2.05, 4.69) is 10.6 Å². The summed E-state index contributed by atoms with van der Waals surface area (Å²) >= 11 is 0. The van der Waals surface area contributed by atoms with Gasteiger partial charge >= 0.3 is 5.97 Å². The van der Waals surface area contributed by atoms with E-state index in [0.717, 1.165) is 5.56 Å². The van der Waals surface area contributed by atoms with Crippen molar-refractivity contribution in [3.63, 3.8) is 0 Å². The minimum Gasteiger partial charge on any atom is -0.481 e. The molecule has 0 saturated heterocycles. The summed E-state index contributed by atoms with van der Waals surface area (Å²) in [7, 11) is 0. The zero-order chi connectivity index (χ0) is 19.0. The molecule has 0 aliphatic heterocycles. The molecule has 0 aliphatic carbocycles. The molecule has 25 heavy (non-hydrogen) atoms. The number of rotatable bonds is 9. The molecule has 7 nitrogen and oxygen atoms in total. The standard InChI is InChI=1S/C17H23FN2O5/c1-10(2)6-13(17(23)24)20-15(21)8-19-16(22)9-25-14-7-11(3)4-5-12(14)18/h4-5,7,10,13H,6,8-9H2,1-3H3,(H,19,22)(H,20,21)(H,23,24)/t13-/m0/s1. The second-order valence-corrected chi connectivity index (χ2v) is 6.09. The van der Waals surface area contributed by atoms with Crippen molar-refractivity contribution in [1.29, 1.82) is 0 Å². The SMILES string of the molecule is Cc1ccc(F)c(OCC(=O)NCC(=O)N[C@@H](CC(C)C)C(=O)O)c1. The minimum absolute atomic E-state index is 0.0533. The maximum atomic E-state index is 13.5. The van der Waals surface area contributed by atoms with Crippen LogP contribution in [0.25, 0.3) is 0 Å². The molecule has 138 valence electrons. The number of hydrogen-bond donors (Lipinski definition) is 3. The average Bonchev–Trinajstić information content (AvgIpc) is 2.52. The van der Waals surface area contributed by atoms with Gasteiger partial charge in [-0.25, -0.2) is 9.18 Å². The smallest absolute Gasteiger partial charge is 0.326 e. The zero-order valence-corrected chi connectivity index (χ0v) is 14.5. The van der Waals surface area contributed by atoms with E-state index in [9.17, 15) is 18.8 Å². The van der Waals surface area contributed by atoms with Gasteiger partial charge in [-0.15, -0.1) is 0 Å². The Morgan fingerprint density at radius 1 is 1.24 bits per heavy atom.